The van der Waals surface area contributed by atoms with Crippen LogP contribution in [0.25, 0.3) is 0 Å². The molecular formula is C10H17N3. The van der Waals surface area contributed by atoms with Crippen LogP contribution in [0.3, 0.4) is 0 Å². The average molecular weight is 179 g/mol. The van der Waals surface area contributed by atoms with Crippen LogP contribution in [-0.2, 0) is 0 Å². The zero-order valence-electron chi connectivity index (χ0n) is 8.41. The van der Waals surface area contributed by atoms with E-state index in [1.807, 2.05) is 6.20 Å². The van der Waals surface area contributed by atoms with E-state index in [2.05, 4.69) is 43.1 Å². The van der Waals surface area contributed by atoms with E-state index in [1.165, 1.54) is 0 Å². The van der Waals surface area contributed by atoms with Crippen LogP contribution in [0.5, 0.6) is 0 Å². The summed E-state index contributed by atoms with van der Waals surface area (Å²) in [4.78, 5) is 2.26. The smallest absolute Gasteiger partial charge is 0.0977 e. The van der Waals surface area contributed by atoms with Gasteiger partial charge in [-0.1, -0.05) is 0 Å². The summed E-state index contributed by atoms with van der Waals surface area (Å²) < 4.78 is 0. The number of hydrogen-bond donors (Lipinski definition) is 2. The van der Waals surface area contributed by atoms with E-state index in [9.17, 15) is 0 Å². The lowest BCUT2D eigenvalue weighted by atomic mass is 10.0. The first kappa shape index (κ1) is 8.48. The molecule has 2 rings (SSSR count). The molecule has 0 aromatic heterocycles. The van der Waals surface area contributed by atoms with Crippen LogP contribution in [0.1, 0.15) is 20.8 Å². The minimum Gasteiger partial charge on any atom is -0.386 e. The number of nitrogens with zero attached hydrogens (tertiary/aromatic N) is 1. The molecule has 0 spiro atoms. The molecule has 2 unspecified atom stereocenters. The Kier molecular flexibility index (Phi) is 1.59. The summed E-state index contributed by atoms with van der Waals surface area (Å²) in [5.74, 6) is 0.888. The van der Waals surface area contributed by atoms with E-state index in [0.717, 1.165) is 5.82 Å². The summed E-state index contributed by atoms with van der Waals surface area (Å²) in [7, 11) is 0. The summed E-state index contributed by atoms with van der Waals surface area (Å²) in [5, 5.41) is 3.27. The van der Waals surface area contributed by atoms with Gasteiger partial charge in [0, 0.05) is 5.54 Å². The van der Waals surface area contributed by atoms with E-state index >= 15 is 0 Å². The Labute approximate surface area is 79.3 Å². The zero-order chi connectivity index (χ0) is 9.64. The van der Waals surface area contributed by atoms with Crippen molar-refractivity contribution in [1.29, 1.82) is 0 Å². The van der Waals surface area contributed by atoms with E-state index < -0.39 is 0 Å². The molecule has 0 aliphatic carbocycles. The second-order valence-electron chi connectivity index (χ2n) is 4.67. The van der Waals surface area contributed by atoms with Gasteiger partial charge in [-0.05, 0) is 39.1 Å². The predicted octanol–water partition coefficient (Wildman–Crippen LogP) is 0.755. The maximum Gasteiger partial charge on any atom is 0.0977 e. The van der Waals surface area contributed by atoms with Crippen molar-refractivity contribution in [2.75, 3.05) is 0 Å². The maximum absolute atomic E-state index is 5.97. The molecule has 3 heteroatoms. The van der Waals surface area contributed by atoms with E-state index in [1.54, 1.807) is 0 Å². The van der Waals surface area contributed by atoms with Gasteiger partial charge in [0.25, 0.3) is 0 Å². The lowest BCUT2D eigenvalue weighted by molar-refractivity contribution is 0.161. The van der Waals surface area contributed by atoms with Gasteiger partial charge >= 0.3 is 0 Å². The lowest BCUT2D eigenvalue weighted by Gasteiger charge is -2.38. The van der Waals surface area contributed by atoms with Gasteiger partial charge in [0.2, 0.25) is 0 Å². The SMILES string of the molecule is CC(C)(C)N1C(N)=CC2NC=CC21. The van der Waals surface area contributed by atoms with Crippen LogP contribution >= 0.6 is 0 Å². The van der Waals surface area contributed by atoms with Crippen molar-refractivity contribution in [3.8, 4) is 0 Å². The third kappa shape index (κ3) is 1.19. The first-order valence-electron chi connectivity index (χ1n) is 4.69. The average Bonchev–Trinajstić information content (AvgIpc) is 2.41. The topological polar surface area (TPSA) is 41.3 Å². The van der Waals surface area contributed by atoms with E-state index in [4.69, 9.17) is 5.73 Å². The van der Waals surface area contributed by atoms with Crippen molar-refractivity contribution in [2.45, 2.75) is 38.4 Å². The predicted molar refractivity (Wildman–Crippen MR) is 53.7 cm³/mol. The number of nitrogens with one attached hydrogen (secondary N) is 1. The molecule has 0 bridgehead atoms. The summed E-state index contributed by atoms with van der Waals surface area (Å²) in [5.41, 5.74) is 6.06. The molecule has 2 atom stereocenters. The van der Waals surface area contributed by atoms with Gasteiger partial charge in [0.15, 0.2) is 0 Å². The van der Waals surface area contributed by atoms with Gasteiger partial charge in [-0.3, -0.25) is 0 Å². The number of nitrogens with two attached hydrogens (primary N) is 1. The number of rotatable bonds is 0. The molecule has 2 aliphatic rings. The molecule has 2 aliphatic heterocycles. The number of hydrogen-bond acceptors (Lipinski definition) is 3. The zero-order valence-corrected chi connectivity index (χ0v) is 8.41. The van der Waals surface area contributed by atoms with Crippen LogP contribution < -0.4 is 11.1 Å². The Morgan fingerprint density at radius 2 is 2.15 bits per heavy atom. The largest absolute Gasteiger partial charge is 0.386 e. The van der Waals surface area contributed by atoms with E-state index in [0.29, 0.717) is 12.1 Å². The van der Waals surface area contributed by atoms with Crippen LogP contribution in [0, 0.1) is 0 Å². The maximum atomic E-state index is 5.97. The fourth-order valence-electron chi connectivity index (χ4n) is 2.15. The summed E-state index contributed by atoms with van der Waals surface area (Å²) in [6.45, 7) is 6.55. The standard InChI is InChI=1S/C10H17N3/c1-10(2,3)13-8-4-5-12-7(8)6-9(13)11/h4-8,12H,11H2,1-3H3. The van der Waals surface area contributed by atoms with Gasteiger partial charge in [-0.2, -0.15) is 0 Å². The van der Waals surface area contributed by atoms with Gasteiger partial charge in [-0.15, -0.1) is 0 Å². The molecule has 0 saturated carbocycles. The van der Waals surface area contributed by atoms with Crippen LogP contribution in [0.2, 0.25) is 0 Å². The molecular weight excluding hydrogens is 162 g/mol. The highest BCUT2D eigenvalue weighted by molar-refractivity contribution is 5.27. The Morgan fingerprint density at radius 3 is 2.77 bits per heavy atom. The Bertz CT molecular complexity index is 272. The molecule has 0 aromatic rings. The van der Waals surface area contributed by atoms with Gasteiger partial charge in [0.05, 0.1) is 17.9 Å². The molecule has 2 heterocycles. The normalized spacial score (nSPS) is 31.6. The van der Waals surface area contributed by atoms with Crippen LogP contribution in [0.4, 0.5) is 0 Å². The van der Waals surface area contributed by atoms with Gasteiger partial charge < -0.3 is 16.0 Å². The molecule has 3 N–H and O–H groups in total. The highest BCUT2D eigenvalue weighted by Gasteiger charge is 2.39. The van der Waals surface area contributed by atoms with Crippen LogP contribution in [0.15, 0.2) is 24.2 Å². The summed E-state index contributed by atoms with van der Waals surface area (Å²) >= 11 is 0. The van der Waals surface area contributed by atoms with Crippen molar-refractivity contribution in [3.63, 3.8) is 0 Å². The minimum absolute atomic E-state index is 0.0936. The molecule has 3 nitrogen and oxygen atoms in total. The number of fused-ring (bicyclic) bond motifs is 1. The third-order valence-corrected chi connectivity index (χ3v) is 2.60. The third-order valence-electron chi connectivity index (χ3n) is 2.60. The first-order chi connectivity index (χ1) is 6.00. The van der Waals surface area contributed by atoms with E-state index in [-0.39, 0.29) is 5.54 Å². The Morgan fingerprint density at radius 1 is 1.46 bits per heavy atom. The first-order valence-corrected chi connectivity index (χ1v) is 4.69. The summed E-state index contributed by atoms with van der Waals surface area (Å²) in [6.07, 6.45) is 6.28. The minimum atomic E-state index is 0.0936. The van der Waals surface area contributed by atoms with Crippen LogP contribution in [-0.4, -0.2) is 22.5 Å². The molecule has 0 saturated heterocycles. The fraction of sp³-hybridized carbons (Fsp3) is 0.600. The Balaban J connectivity index is 2.28. The van der Waals surface area contributed by atoms with Crippen molar-refractivity contribution in [3.05, 3.63) is 24.2 Å². The highest BCUT2D eigenvalue weighted by Crippen LogP contribution is 2.30. The van der Waals surface area contributed by atoms with Crippen molar-refractivity contribution < 1.29 is 0 Å². The molecule has 0 fully saturated rings. The molecule has 0 aromatic carbocycles. The molecule has 0 radical (unpaired) electrons. The Hall–Kier alpha value is -1.12. The lowest BCUT2D eigenvalue weighted by Crippen LogP contribution is -2.48. The second-order valence-corrected chi connectivity index (χ2v) is 4.67. The molecule has 13 heavy (non-hydrogen) atoms. The highest BCUT2D eigenvalue weighted by atomic mass is 15.3. The van der Waals surface area contributed by atoms with Crippen molar-refractivity contribution in [2.24, 2.45) is 5.73 Å². The molecule has 0 amide bonds. The van der Waals surface area contributed by atoms with Gasteiger partial charge in [-0.25, -0.2) is 0 Å². The molecule has 72 valence electrons. The second kappa shape index (κ2) is 2.44. The monoisotopic (exact) mass is 179 g/mol. The summed E-state index contributed by atoms with van der Waals surface area (Å²) in [6, 6.07) is 0.777. The fourth-order valence-corrected chi connectivity index (χ4v) is 2.15. The van der Waals surface area contributed by atoms with Crippen molar-refractivity contribution >= 4 is 0 Å². The van der Waals surface area contributed by atoms with Gasteiger partial charge in [0.1, 0.15) is 0 Å². The van der Waals surface area contributed by atoms with Crippen molar-refractivity contribution in [1.82, 2.24) is 10.2 Å². The quantitative estimate of drug-likeness (QED) is 0.576.